The first-order valence-corrected chi connectivity index (χ1v) is 9.48. The highest BCUT2D eigenvalue weighted by Gasteiger charge is 2.17. The summed E-state index contributed by atoms with van der Waals surface area (Å²) in [6.45, 7) is 7.81. The zero-order chi connectivity index (χ0) is 19.6. The number of fused-ring (bicyclic) bond motifs is 1. The molecule has 2 aromatic carbocycles. The minimum absolute atomic E-state index is 0.0208. The fourth-order valence-electron chi connectivity index (χ4n) is 2.67. The molecule has 0 aliphatic heterocycles. The van der Waals surface area contributed by atoms with Crippen LogP contribution in [0.4, 0.5) is 15.2 Å². The lowest BCUT2D eigenvalue weighted by Gasteiger charge is -2.12. The predicted octanol–water partition coefficient (Wildman–Crippen LogP) is 5.50. The third-order valence-electron chi connectivity index (χ3n) is 4.33. The van der Waals surface area contributed by atoms with E-state index in [0.717, 1.165) is 33.5 Å². The molecule has 0 aliphatic rings. The van der Waals surface area contributed by atoms with Crippen molar-refractivity contribution < 1.29 is 9.18 Å². The summed E-state index contributed by atoms with van der Waals surface area (Å²) in [7, 11) is 0. The highest BCUT2D eigenvalue weighted by molar-refractivity contribution is 7.22. The molecule has 2 N–H and O–H groups in total. The molecule has 3 aromatic rings. The lowest BCUT2D eigenvalue weighted by molar-refractivity contribution is 0.102. The smallest absolute Gasteiger partial charge is 0.258 e. The van der Waals surface area contributed by atoms with E-state index in [1.165, 1.54) is 23.5 Å². The third-order valence-corrected chi connectivity index (χ3v) is 5.42. The van der Waals surface area contributed by atoms with Crippen LogP contribution in [0.15, 0.2) is 35.4 Å². The molecular weight excluding hydrogens is 363 g/mol. The van der Waals surface area contributed by atoms with E-state index in [9.17, 15) is 9.18 Å². The number of amides is 1. The van der Waals surface area contributed by atoms with E-state index >= 15 is 0 Å². The van der Waals surface area contributed by atoms with E-state index in [-0.39, 0.29) is 5.56 Å². The van der Waals surface area contributed by atoms with Gasteiger partial charge in [-0.05, 0) is 56.5 Å². The van der Waals surface area contributed by atoms with E-state index in [1.807, 2.05) is 33.8 Å². The third kappa shape index (κ3) is 3.98. The van der Waals surface area contributed by atoms with Gasteiger partial charge in [0.2, 0.25) is 5.13 Å². The molecule has 7 heteroatoms. The predicted molar refractivity (Wildman–Crippen MR) is 110 cm³/mol. The Morgan fingerprint density at radius 3 is 2.74 bits per heavy atom. The molecule has 0 unspecified atom stereocenters. The van der Waals surface area contributed by atoms with Gasteiger partial charge in [-0.3, -0.25) is 10.2 Å². The van der Waals surface area contributed by atoms with Crippen LogP contribution in [-0.2, 0) is 0 Å². The lowest BCUT2D eigenvalue weighted by Crippen LogP contribution is -2.15. The number of hydrazone groups is 1. The Hall–Kier alpha value is -2.80. The van der Waals surface area contributed by atoms with Gasteiger partial charge in [0.1, 0.15) is 5.82 Å². The van der Waals surface area contributed by atoms with Crippen LogP contribution < -0.4 is 10.7 Å². The molecular formula is C20H21FN4OS. The average Bonchev–Trinajstić information content (AvgIpc) is 3.06. The summed E-state index contributed by atoms with van der Waals surface area (Å²) < 4.78 is 14.8. The Morgan fingerprint density at radius 2 is 2.04 bits per heavy atom. The van der Waals surface area contributed by atoms with Crippen molar-refractivity contribution in [3.63, 3.8) is 0 Å². The van der Waals surface area contributed by atoms with E-state index in [1.54, 1.807) is 12.1 Å². The minimum Gasteiger partial charge on any atom is -0.321 e. The van der Waals surface area contributed by atoms with Crippen molar-refractivity contribution in [1.29, 1.82) is 0 Å². The van der Waals surface area contributed by atoms with Crippen molar-refractivity contribution in [2.75, 3.05) is 10.7 Å². The first-order chi connectivity index (χ1) is 12.9. The van der Waals surface area contributed by atoms with Gasteiger partial charge in [0, 0.05) is 11.4 Å². The number of aryl methyl sites for hydroxylation is 2. The molecule has 140 valence electrons. The highest BCUT2D eigenvalue weighted by atomic mass is 32.1. The van der Waals surface area contributed by atoms with Crippen molar-refractivity contribution in [3.05, 3.63) is 52.8 Å². The maximum atomic E-state index is 13.9. The van der Waals surface area contributed by atoms with Crippen LogP contribution in [-0.4, -0.2) is 16.6 Å². The second-order valence-electron chi connectivity index (χ2n) is 6.31. The minimum atomic E-state index is -0.542. The molecule has 5 nitrogen and oxygen atoms in total. The molecule has 3 rings (SSSR count). The van der Waals surface area contributed by atoms with Crippen LogP contribution >= 0.6 is 11.3 Å². The Kier molecular flexibility index (Phi) is 5.51. The number of thiazole rings is 1. The van der Waals surface area contributed by atoms with E-state index in [4.69, 9.17) is 0 Å². The normalized spacial score (nSPS) is 11.7. The van der Waals surface area contributed by atoms with Crippen LogP contribution in [0.25, 0.3) is 10.2 Å². The molecule has 0 fully saturated rings. The zero-order valence-corrected chi connectivity index (χ0v) is 16.5. The Labute approximate surface area is 161 Å². The fourth-order valence-corrected chi connectivity index (χ4v) is 3.57. The molecule has 0 bridgehead atoms. The molecule has 0 saturated carbocycles. The maximum absolute atomic E-state index is 13.9. The first-order valence-electron chi connectivity index (χ1n) is 8.66. The van der Waals surface area contributed by atoms with E-state index in [0.29, 0.717) is 10.8 Å². The molecule has 27 heavy (non-hydrogen) atoms. The number of hydrogen-bond donors (Lipinski definition) is 2. The van der Waals surface area contributed by atoms with Gasteiger partial charge in [-0.1, -0.05) is 30.4 Å². The topological polar surface area (TPSA) is 66.4 Å². The van der Waals surface area contributed by atoms with Gasteiger partial charge in [0.25, 0.3) is 5.91 Å². The fraction of sp³-hybridized carbons (Fsp3) is 0.250. The summed E-state index contributed by atoms with van der Waals surface area (Å²) >= 11 is 1.47. The summed E-state index contributed by atoms with van der Waals surface area (Å²) in [6, 6.07) is 7.86. The largest absolute Gasteiger partial charge is 0.321 e. The highest BCUT2D eigenvalue weighted by Crippen LogP contribution is 2.35. The van der Waals surface area contributed by atoms with Crippen LogP contribution in [0.3, 0.4) is 0 Å². The van der Waals surface area contributed by atoms with Crippen molar-refractivity contribution in [1.82, 2.24) is 4.98 Å². The number of halogens is 1. The molecule has 0 spiro atoms. The van der Waals surface area contributed by atoms with Gasteiger partial charge in [-0.2, -0.15) is 5.10 Å². The van der Waals surface area contributed by atoms with Gasteiger partial charge in [0.15, 0.2) is 0 Å². The lowest BCUT2D eigenvalue weighted by atomic mass is 10.1. The number of nitrogens with one attached hydrogen (secondary N) is 2. The Morgan fingerprint density at radius 1 is 1.30 bits per heavy atom. The van der Waals surface area contributed by atoms with Crippen molar-refractivity contribution in [2.24, 2.45) is 5.10 Å². The SMILES string of the molecule is CC/C(C)=N\Nc1nc2cc(C)c(NC(=O)c3ccccc3F)c(C)c2s1. The van der Waals surface area contributed by atoms with Gasteiger partial charge in [-0.25, -0.2) is 9.37 Å². The molecule has 1 heterocycles. The molecule has 0 aliphatic carbocycles. The number of anilines is 2. The molecule has 1 amide bonds. The maximum Gasteiger partial charge on any atom is 0.258 e. The number of benzene rings is 2. The second kappa shape index (κ2) is 7.84. The number of carbonyl (C=O) groups is 1. The monoisotopic (exact) mass is 384 g/mol. The summed E-state index contributed by atoms with van der Waals surface area (Å²) in [5.74, 6) is -1.01. The summed E-state index contributed by atoms with van der Waals surface area (Å²) in [5, 5.41) is 7.82. The molecule has 1 aromatic heterocycles. The van der Waals surface area contributed by atoms with Crippen molar-refractivity contribution >= 4 is 44.0 Å². The second-order valence-corrected chi connectivity index (χ2v) is 7.31. The number of rotatable bonds is 5. The molecule has 0 atom stereocenters. The van der Waals surface area contributed by atoms with E-state index in [2.05, 4.69) is 20.8 Å². The number of hydrogen-bond acceptors (Lipinski definition) is 5. The quantitative estimate of drug-likeness (QED) is 0.451. The summed E-state index contributed by atoms with van der Waals surface area (Å²) in [5.41, 5.74) is 7.28. The van der Waals surface area contributed by atoms with Crippen molar-refractivity contribution in [2.45, 2.75) is 34.1 Å². The molecule has 0 saturated heterocycles. The van der Waals surface area contributed by atoms with Crippen LogP contribution in [0.5, 0.6) is 0 Å². The number of carbonyl (C=O) groups excluding carboxylic acids is 1. The van der Waals surface area contributed by atoms with E-state index < -0.39 is 11.7 Å². The van der Waals surface area contributed by atoms with Crippen molar-refractivity contribution in [3.8, 4) is 0 Å². The Bertz CT molecular complexity index is 1040. The van der Waals surface area contributed by atoms with Gasteiger partial charge in [-0.15, -0.1) is 0 Å². The van der Waals surface area contributed by atoms with Gasteiger partial charge >= 0.3 is 0 Å². The summed E-state index contributed by atoms with van der Waals surface area (Å²) in [6.07, 6.45) is 0.863. The standard InChI is InChI=1S/C20H21FN4OS/c1-5-12(3)24-25-20-22-16-10-11(2)17(13(4)18(16)27-20)23-19(26)14-8-6-7-9-15(14)21/h6-10H,5H2,1-4H3,(H,22,25)(H,23,26)/b24-12-. The number of aromatic nitrogens is 1. The zero-order valence-electron chi connectivity index (χ0n) is 15.7. The van der Waals surface area contributed by atoms with Gasteiger partial charge < -0.3 is 5.32 Å². The summed E-state index contributed by atoms with van der Waals surface area (Å²) in [4.78, 5) is 17.1. The first kappa shape index (κ1) is 19.0. The number of nitrogens with zero attached hydrogens (tertiary/aromatic N) is 2. The molecule has 0 radical (unpaired) electrons. The Balaban J connectivity index is 1.94. The van der Waals surface area contributed by atoms with Crippen LogP contribution in [0, 0.1) is 19.7 Å². The van der Waals surface area contributed by atoms with Crippen LogP contribution in [0.1, 0.15) is 41.8 Å². The average molecular weight is 384 g/mol. The van der Waals surface area contributed by atoms with Crippen LogP contribution in [0.2, 0.25) is 0 Å². The van der Waals surface area contributed by atoms with Gasteiger partial charge in [0.05, 0.1) is 15.8 Å².